The summed E-state index contributed by atoms with van der Waals surface area (Å²) in [6, 6.07) is 5.33. The lowest BCUT2D eigenvalue weighted by Gasteiger charge is -2.08. The number of nitrogens with one attached hydrogen (secondary N) is 1. The monoisotopic (exact) mass is 177 g/mol. The van der Waals surface area contributed by atoms with E-state index in [9.17, 15) is 0 Å². The van der Waals surface area contributed by atoms with Crippen molar-refractivity contribution < 1.29 is 0 Å². The standard InChI is InChI=1S/C5H5Cl2N3/c6-9-10(7)5-3-1-2-4-8-5/h1-4,9H. The number of hydrogen-bond acceptors (Lipinski definition) is 3. The van der Waals surface area contributed by atoms with Crippen LogP contribution in [0.4, 0.5) is 5.82 Å². The molecule has 0 unspecified atom stereocenters. The van der Waals surface area contributed by atoms with Gasteiger partial charge < -0.3 is 0 Å². The van der Waals surface area contributed by atoms with Crippen LogP contribution < -0.4 is 9.47 Å². The lowest BCUT2D eigenvalue weighted by Crippen LogP contribution is -2.20. The summed E-state index contributed by atoms with van der Waals surface area (Å²) in [6.07, 6.45) is 1.62. The van der Waals surface area contributed by atoms with Crippen molar-refractivity contribution in [3.8, 4) is 0 Å². The maximum atomic E-state index is 5.52. The number of hydrazine groups is 1. The molecule has 0 saturated carbocycles. The fourth-order valence-electron chi connectivity index (χ4n) is 0.513. The van der Waals surface area contributed by atoms with E-state index in [0.29, 0.717) is 5.82 Å². The third-order valence-corrected chi connectivity index (χ3v) is 1.44. The first-order valence-corrected chi connectivity index (χ1v) is 3.29. The summed E-state index contributed by atoms with van der Waals surface area (Å²) in [5.74, 6) is 0.555. The number of aromatic nitrogens is 1. The fourth-order valence-corrected chi connectivity index (χ4v) is 0.700. The topological polar surface area (TPSA) is 28.2 Å². The Morgan fingerprint density at radius 1 is 1.50 bits per heavy atom. The van der Waals surface area contributed by atoms with E-state index in [-0.39, 0.29) is 0 Å². The predicted octanol–water partition coefficient (Wildman–Crippen LogP) is 1.70. The number of hydrogen-bond donors (Lipinski definition) is 1. The van der Waals surface area contributed by atoms with Gasteiger partial charge in [-0.1, -0.05) is 6.07 Å². The van der Waals surface area contributed by atoms with Gasteiger partial charge >= 0.3 is 0 Å². The number of nitrogens with zero attached hydrogens (tertiary/aromatic N) is 2. The normalized spacial score (nSPS) is 9.40. The van der Waals surface area contributed by atoms with E-state index in [0.717, 1.165) is 4.53 Å². The summed E-state index contributed by atoms with van der Waals surface area (Å²) >= 11 is 10.7. The summed E-state index contributed by atoms with van der Waals surface area (Å²) in [5, 5.41) is 0. The molecule has 0 aliphatic rings. The first-order chi connectivity index (χ1) is 4.84. The molecule has 0 aliphatic heterocycles. The minimum absolute atomic E-state index is 0.555. The predicted molar refractivity (Wildman–Crippen MR) is 41.6 cm³/mol. The highest BCUT2D eigenvalue weighted by molar-refractivity contribution is 6.28. The Morgan fingerprint density at radius 3 is 2.80 bits per heavy atom. The Labute approximate surface area is 68.8 Å². The van der Waals surface area contributed by atoms with E-state index < -0.39 is 0 Å². The third kappa shape index (κ3) is 1.73. The second kappa shape index (κ2) is 3.61. The van der Waals surface area contributed by atoms with E-state index in [1.807, 2.05) is 6.07 Å². The van der Waals surface area contributed by atoms with Gasteiger partial charge in [-0.15, -0.1) is 4.94 Å². The van der Waals surface area contributed by atoms with E-state index in [1.54, 1.807) is 18.3 Å². The molecule has 1 heterocycles. The molecule has 0 aliphatic carbocycles. The minimum atomic E-state index is 0.555. The van der Waals surface area contributed by atoms with Gasteiger partial charge in [0.1, 0.15) is 0 Å². The van der Waals surface area contributed by atoms with Crippen LogP contribution >= 0.6 is 23.6 Å². The van der Waals surface area contributed by atoms with Crippen LogP contribution in [0.15, 0.2) is 24.4 Å². The van der Waals surface area contributed by atoms with Crippen LogP contribution in [-0.2, 0) is 0 Å². The molecule has 0 atom stereocenters. The van der Waals surface area contributed by atoms with Gasteiger partial charge in [0.05, 0.1) is 0 Å². The highest BCUT2D eigenvalue weighted by atomic mass is 35.5. The number of halogens is 2. The molecular formula is C5H5Cl2N3. The summed E-state index contributed by atoms with van der Waals surface area (Å²) in [4.78, 5) is 6.09. The Balaban J connectivity index is 2.75. The van der Waals surface area contributed by atoms with Crippen LogP contribution in [-0.4, -0.2) is 4.98 Å². The molecule has 0 radical (unpaired) electrons. The SMILES string of the molecule is ClNN(Cl)c1ccccn1. The fraction of sp³-hybridized carbons (Fsp3) is 0. The molecule has 0 amide bonds. The van der Waals surface area contributed by atoms with E-state index in [4.69, 9.17) is 23.6 Å². The largest absolute Gasteiger partial charge is 0.237 e. The Hall–Kier alpha value is -0.510. The Morgan fingerprint density at radius 2 is 2.30 bits per heavy atom. The molecule has 0 fully saturated rings. The van der Waals surface area contributed by atoms with Gasteiger partial charge in [0.25, 0.3) is 0 Å². The third-order valence-electron chi connectivity index (χ3n) is 0.925. The molecule has 54 valence electrons. The minimum Gasteiger partial charge on any atom is -0.237 e. The average molecular weight is 178 g/mol. The van der Waals surface area contributed by atoms with Crippen molar-refractivity contribution in [1.82, 2.24) is 9.93 Å². The first-order valence-electron chi connectivity index (χ1n) is 2.58. The number of pyridine rings is 1. The van der Waals surface area contributed by atoms with Crippen molar-refractivity contribution in [2.24, 2.45) is 0 Å². The summed E-state index contributed by atoms with van der Waals surface area (Å²) in [7, 11) is 0. The Kier molecular flexibility index (Phi) is 2.74. The van der Waals surface area contributed by atoms with Crippen LogP contribution in [0.2, 0.25) is 0 Å². The molecule has 3 nitrogen and oxygen atoms in total. The van der Waals surface area contributed by atoms with Gasteiger partial charge in [0.2, 0.25) is 0 Å². The highest BCUT2D eigenvalue weighted by Crippen LogP contribution is 2.08. The smallest absolute Gasteiger partial charge is 0.160 e. The van der Waals surface area contributed by atoms with Crippen LogP contribution in [0.25, 0.3) is 0 Å². The molecule has 1 aromatic rings. The lowest BCUT2D eigenvalue weighted by molar-refractivity contribution is 1.02. The van der Waals surface area contributed by atoms with Crippen molar-refractivity contribution in [3.63, 3.8) is 0 Å². The van der Waals surface area contributed by atoms with Crippen molar-refractivity contribution in [1.29, 1.82) is 0 Å². The van der Waals surface area contributed by atoms with E-state index >= 15 is 0 Å². The van der Waals surface area contributed by atoms with Crippen molar-refractivity contribution in [2.75, 3.05) is 4.53 Å². The highest BCUT2D eigenvalue weighted by Gasteiger charge is 1.98. The lowest BCUT2D eigenvalue weighted by atomic mass is 10.5. The molecule has 1 N–H and O–H groups in total. The number of anilines is 1. The second-order valence-electron chi connectivity index (χ2n) is 1.55. The van der Waals surface area contributed by atoms with Gasteiger partial charge in [-0.3, -0.25) is 0 Å². The number of rotatable bonds is 2. The zero-order valence-corrected chi connectivity index (χ0v) is 6.47. The van der Waals surface area contributed by atoms with Crippen molar-refractivity contribution >= 4 is 29.4 Å². The van der Waals surface area contributed by atoms with Gasteiger partial charge in [-0.05, 0) is 23.9 Å². The molecular weight excluding hydrogens is 173 g/mol. The zero-order chi connectivity index (χ0) is 7.40. The first kappa shape index (κ1) is 7.60. The molecule has 10 heavy (non-hydrogen) atoms. The quantitative estimate of drug-likeness (QED) is 0.551. The summed E-state index contributed by atoms with van der Waals surface area (Å²) in [6.45, 7) is 0. The van der Waals surface area contributed by atoms with E-state index in [1.165, 1.54) is 0 Å². The van der Waals surface area contributed by atoms with Gasteiger partial charge in [0, 0.05) is 18.0 Å². The summed E-state index contributed by atoms with van der Waals surface area (Å²) in [5.41, 5.74) is 0. The average Bonchev–Trinajstić information content (AvgIpc) is 2.05. The van der Waals surface area contributed by atoms with Crippen molar-refractivity contribution in [2.45, 2.75) is 0 Å². The molecule has 5 heteroatoms. The van der Waals surface area contributed by atoms with E-state index in [2.05, 4.69) is 9.93 Å². The van der Waals surface area contributed by atoms with Gasteiger partial charge in [-0.2, -0.15) is 4.53 Å². The van der Waals surface area contributed by atoms with Crippen LogP contribution in [0, 0.1) is 0 Å². The molecule has 0 bridgehead atoms. The maximum absolute atomic E-state index is 5.52. The van der Waals surface area contributed by atoms with Crippen LogP contribution in [0.5, 0.6) is 0 Å². The maximum Gasteiger partial charge on any atom is 0.160 e. The molecule has 0 aromatic carbocycles. The molecule has 1 aromatic heterocycles. The van der Waals surface area contributed by atoms with Gasteiger partial charge in [0.15, 0.2) is 5.82 Å². The Bertz CT molecular complexity index is 191. The van der Waals surface area contributed by atoms with Crippen molar-refractivity contribution in [3.05, 3.63) is 24.4 Å². The summed E-state index contributed by atoms with van der Waals surface area (Å²) < 4.78 is 1.08. The molecule has 1 rings (SSSR count). The van der Waals surface area contributed by atoms with Crippen LogP contribution in [0.3, 0.4) is 0 Å². The second-order valence-corrected chi connectivity index (χ2v) is 2.06. The molecule has 0 spiro atoms. The van der Waals surface area contributed by atoms with Gasteiger partial charge in [-0.25, -0.2) is 4.98 Å². The molecule has 0 saturated heterocycles. The van der Waals surface area contributed by atoms with Crippen LogP contribution in [0.1, 0.15) is 0 Å². The zero-order valence-electron chi connectivity index (χ0n) is 4.96.